The Labute approximate surface area is 119 Å². The Morgan fingerprint density at radius 1 is 1.47 bits per heavy atom. The molecule has 1 aliphatic heterocycles. The summed E-state index contributed by atoms with van der Waals surface area (Å²) in [5.41, 5.74) is 0.597. The molecule has 1 amide bonds. The molecular formula is C14H20ClN3O. The van der Waals surface area contributed by atoms with Gasteiger partial charge in [0.2, 0.25) is 0 Å². The Hall–Kier alpha value is -1.13. The zero-order chi connectivity index (χ0) is 13.8. The number of hydrogen-bond acceptors (Lipinski definition) is 3. The van der Waals surface area contributed by atoms with Crippen LogP contribution in [0.15, 0.2) is 18.3 Å². The van der Waals surface area contributed by atoms with Crippen LogP contribution in [0.25, 0.3) is 0 Å². The third-order valence-corrected chi connectivity index (χ3v) is 3.91. The van der Waals surface area contributed by atoms with Gasteiger partial charge in [-0.3, -0.25) is 4.79 Å². The lowest BCUT2D eigenvalue weighted by atomic mass is 9.96. The predicted octanol–water partition coefficient (Wildman–Crippen LogP) is 2.15. The fraction of sp³-hybridized carbons (Fsp3) is 0.571. The summed E-state index contributed by atoms with van der Waals surface area (Å²) in [4.78, 5) is 20.3. The topological polar surface area (TPSA) is 36.4 Å². The molecule has 2 heterocycles. The van der Waals surface area contributed by atoms with E-state index < -0.39 is 0 Å². The lowest BCUT2D eigenvalue weighted by Gasteiger charge is -2.31. The van der Waals surface area contributed by atoms with Crippen molar-refractivity contribution in [2.24, 2.45) is 5.92 Å². The van der Waals surface area contributed by atoms with Gasteiger partial charge in [0.25, 0.3) is 5.91 Å². The second-order valence-electron chi connectivity index (χ2n) is 5.30. The molecule has 4 nitrogen and oxygen atoms in total. The Morgan fingerprint density at radius 3 is 2.74 bits per heavy atom. The molecule has 1 fully saturated rings. The van der Waals surface area contributed by atoms with Gasteiger partial charge >= 0.3 is 0 Å². The SMILES string of the molecule is CN1CCC(CN(C)C(=O)c2ccc(Cl)nc2)CC1. The van der Waals surface area contributed by atoms with E-state index in [1.807, 2.05) is 7.05 Å². The summed E-state index contributed by atoms with van der Waals surface area (Å²) < 4.78 is 0. The highest BCUT2D eigenvalue weighted by atomic mass is 35.5. The van der Waals surface area contributed by atoms with Crippen LogP contribution in [-0.4, -0.2) is 54.4 Å². The Kier molecular flexibility index (Phi) is 4.77. The minimum absolute atomic E-state index is 0.0168. The zero-order valence-corrected chi connectivity index (χ0v) is 12.2. The van der Waals surface area contributed by atoms with Crippen molar-refractivity contribution in [3.8, 4) is 0 Å². The molecule has 1 aromatic rings. The molecule has 0 aromatic carbocycles. The third-order valence-electron chi connectivity index (χ3n) is 3.69. The maximum Gasteiger partial charge on any atom is 0.255 e. The smallest absolute Gasteiger partial charge is 0.255 e. The minimum Gasteiger partial charge on any atom is -0.341 e. The first-order valence-electron chi connectivity index (χ1n) is 6.62. The normalized spacial score (nSPS) is 17.4. The van der Waals surface area contributed by atoms with Crippen LogP contribution in [0.2, 0.25) is 5.15 Å². The Balaban J connectivity index is 1.90. The highest BCUT2D eigenvalue weighted by Gasteiger charge is 2.21. The van der Waals surface area contributed by atoms with E-state index >= 15 is 0 Å². The van der Waals surface area contributed by atoms with E-state index in [0.717, 1.165) is 32.5 Å². The lowest BCUT2D eigenvalue weighted by molar-refractivity contribution is 0.0747. The molecule has 1 saturated heterocycles. The van der Waals surface area contributed by atoms with Crippen LogP contribution in [-0.2, 0) is 0 Å². The molecule has 0 atom stereocenters. The average molecular weight is 282 g/mol. The van der Waals surface area contributed by atoms with Crippen molar-refractivity contribution in [3.05, 3.63) is 29.0 Å². The van der Waals surface area contributed by atoms with Crippen LogP contribution in [0.3, 0.4) is 0 Å². The molecule has 104 valence electrons. The van der Waals surface area contributed by atoms with E-state index in [1.54, 1.807) is 17.0 Å². The van der Waals surface area contributed by atoms with E-state index in [9.17, 15) is 4.79 Å². The minimum atomic E-state index is 0.0168. The zero-order valence-electron chi connectivity index (χ0n) is 11.5. The van der Waals surface area contributed by atoms with Gasteiger partial charge in [0.1, 0.15) is 5.15 Å². The molecule has 0 unspecified atom stereocenters. The fourth-order valence-corrected chi connectivity index (χ4v) is 2.55. The predicted molar refractivity (Wildman–Crippen MR) is 76.4 cm³/mol. The van der Waals surface area contributed by atoms with E-state index in [-0.39, 0.29) is 5.91 Å². The van der Waals surface area contributed by atoms with Gasteiger partial charge in [0.15, 0.2) is 0 Å². The maximum atomic E-state index is 12.2. The van der Waals surface area contributed by atoms with Crippen molar-refractivity contribution in [2.75, 3.05) is 33.7 Å². The molecule has 0 bridgehead atoms. The van der Waals surface area contributed by atoms with Gasteiger partial charge in [-0.1, -0.05) is 11.6 Å². The van der Waals surface area contributed by atoms with Crippen LogP contribution in [0.4, 0.5) is 0 Å². The van der Waals surface area contributed by atoms with Gasteiger partial charge in [-0.05, 0) is 51.0 Å². The molecule has 0 N–H and O–H groups in total. The highest BCUT2D eigenvalue weighted by molar-refractivity contribution is 6.29. The van der Waals surface area contributed by atoms with E-state index in [2.05, 4.69) is 16.9 Å². The van der Waals surface area contributed by atoms with Crippen molar-refractivity contribution < 1.29 is 4.79 Å². The fourth-order valence-electron chi connectivity index (χ4n) is 2.44. The molecule has 1 aliphatic rings. The standard InChI is InChI=1S/C14H20ClN3O/c1-17-7-5-11(6-8-17)10-18(2)14(19)12-3-4-13(15)16-9-12/h3-4,9,11H,5-8,10H2,1-2H3. The molecule has 0 saturated carbocycles. The highest BCUT2D eigenvalue weighted by Crippen LogP contribution is 2.17. The Morgan fingerprint density at radius 2 is 2.16 bits per heavy atom. The number of pyridine rings is 1. The van der Waals surface area contributed by atoms with E-state index in [0.29, 0.717) is 16.6 Å². The first-order valence-corrected chi connectivity index (χ1v) is 6.99. The first kappa shape index (κ1) is 14.3. The summed E-state index contributed by atoms with van der Waals surface area (Å²) in [6.07, 6.45) is 3.86. The van der Waals surface area contributed by atoms with Crippen molar-refractivity contribution in [1.29, 1.82) is 0 Å². The second-order valence-corrected chi connectivity index (χ2v) is 5.69. The quantitative estimate of drug-likeness (QED) is 0.797. The average Bonchev–Trinajstić information content (AvgIpc) is 2.41. The largest absolute Gasteiger partial charge is 0.341 e. The number of likely N-dealkylation sites (tertiary alicyclic amines) is 1. The number of piperidine rings is 1. The molecule has 0 aliphatic carbocycles. The summed E-state index contributed by atoms with van der Waals surface area (Å²) >= 11 is 5.72. The number of amides is 1. The molecule has 19 heavy (non-hydrogen) atoms. The maximum absolute atomic E-state index is 12.2. The lowest BCUT2D eigenvalue weighted by Crippen LogP contribution is -2.38. The molecule has 0 spiro atoms. The van der Waals surface area contributed by atoms with Crippen LogP contribution in [0.5, 0.6) is 0 Å². The van der Waals surface area contributed by atoms with Gasteiger partial charge in [0, 0.05) is 19.8 Å². The Bertz CT molecular complexity index is 427. The summed E-state index contributed by atoms with van der Waals surface area (Å²) in [5.74, 6) is 0.619. The van der Waals surface area contributed by atoms with Crippen molar-refractivity contribution in [1.82, 2.24) is 14.8 Å². The van der Waals surface area contributed by atoms with E-state index in [1.165, 1.54) is 6.20 Å². The molecule has 5 heteroatoms. The second kappa shape index (κ2) is 6.35. The number of rotatable bonds is 3. The summed E-state index contributed by atoms with van der Waals surface area (Å²) in [7, 11) is 4.00. The van der Waals surface area contributed by atoms with Crippen LogP contribution < -0.4 is 0 Å². The molecule has 0 radical (unpaired) electrons. The van der Waals surface area contributed by atoms with Gasteiger partial charge in [0.05, 0.1) is 5.56 Å². The molecule has 2 rings (SSSR count). The summed E-state index contributed by atoms with van der Waals surface area (Å²) in [6, 6.07) is 3.38. The first-order chi connectivity index (χ1) is 9.06. The van der Waals surface area contributed by atoms with Gasteiger partial charge in [-0.15, -0.1) is 0 Å². The summed E-state index contributed by atoms with van der Waals surface area (Å²) in [5, 5.41) is 0.412. The number of nitrogens with zero attached hydrogens (tertiary/aromatic N) is 3. The number of hydrogen-bond donors (Lipinski definition) is 0. The molecule has 1 aromatic heterocycles. The van der Waals surface area contributed by atoms with Crippen molar-refractivity contribution >= 4 is 17.5 Å². The van der Waals surface area contributed by atoms with Gasteiger partial charge in [-0.2, -0.15) is 0 Å². The number of carbonyl (C=O) groups is 1. The number of aromatic nitrogens is 1. The third kappa shape index (κ3) is 3.91. The number of halogens is 1. The van der Waals surface area contributed by atoms with Crippen LogP contribution in [0.1, 0.15) is 23.2 Å². The van der Waals surface area contributed by atoms with Gasteiger partial charge < -0.3 is 9.80 Å². The van der Waals surface area contributed by atoms with Crippen LogP contribution >= 0.6 is 11.6 Å². The molecular weight excluding hydrogens is 262 g/mol. The summed E-state index contributed by atoms with van der Waals surface area (Å²) in [6.45, 7) is 3.06. The van der Waals surface area contributed by atoms with E-state index in [4.69, 9.17) is 11.6 Å². The monoisotopic (exact) mass is 281 g/mol. The van der Waals surface area contributed by atoms with Gasteiger partial charge in [-0.25, -0.2) is 4.98 Å². The van der Waals surface area contributed by atoms with Crippen LogP contribution in [0, 0.1) is 5.92 Å². The number of carbonyl (C=O) groups excluding carboxylic acids is 1. The van der Waals surface area contributed by atoms with Crippen molar-refractivity contribution in [3.63, 3.8) is 0 Å². The van der Waals surface area contributed by atoms with Crippen molar-refractivity contribution in [2.45, 2.75) is 12.8 Å².